The molecule has 3 heterocycles. The molecule has 0 bridgehead atoms. The van der Waals surface area contributed by atoms with Gasteiger partial charge in [0.15, 0.2) is 5.78 Å². The van der Waals surface area contributed by atoms with Crippen LogP contribution in [0.15, 0.2) is 17.5 Å². The first-order chi connectivity index (χ1) is 9.52. The third-order valence-electron chi connectivity index (χ3n) is 3.74. The largest absolute Gasteiger partial charge is 0.295 e. The predicted octanol–water partition coefficient (Wildman–Crippen LogP) is 2.82. The van der Waals surface area contributed by atoms with Gasteiger partial charge in [0.1, 0.15) is 0 Å². The Kier molecular flexibility index (Phi) is 3.48. The summed E-state index contributed by atoms with van der Waals surface area (Å²) in [5.41, 5.74) is 3.57. The molecule has 1 fully saturated rings. The van der Waals surface area contributed by atoms with Gasteiger partial charge >= 0.3 is 0 Å². The van der Waals surface area contributed by atoms with E-state index in [-0.39, 0.29) is 5.78 Å². The Balaban J connectivity index is 1.58. The minimum Gasteiger partial charge on any atom is -0.295 e. The number of nitrogens with zero attached hydrogens (tertiary/aromatic N) is 3. The Morgan fingerprint density at radius 3 is 2.70 bits per heavy atom. The standard InChI is InChI=1S/C15H19N3OS/c1-10-4-11(2)18(16-10)14-7-17(8-14)6-13-5-15(12(3)19)20-9-13/h4-5,9,14H,6-8H2,1-3H3. The second-order valence-electron chi connectivity index (χ2n) is 5.59. The van der Waals surface area contributed by atoms with Gasteiger partial charge < -0.3 is 0 Å². The Morgan fingerprint density at radius 1 is 1.40 bits per heavy atom. The number of aromatic nitrogens is 2. The van der Waals surface area contributed by atoms with E-state index in [0.29, 0.717) is 6.04 Å². The van der Waals surface area contributed by atoms with E-state index in [1.165, 1.54) is 11.3 Å². The molecule has 0 aromatic carbocycles. The van der Waals surface area contributed by atoms with Crippen LogP contribution < -0.4 is 0 Å². The van der Waals surface area contributed by atoms with Crippen molar-refractivity contribution in [2.24, 2.45) is 0 Å². The van der Waals surface area contributed by atoms with Crippen molar-refractivity contribution in [3.8, 4) is 0 Å². The van der Waals surface area contributed by atoms with E-state index in [1.54, 1.807) is 18.3 Å². The highest BCUT2D eigenvalue weighted by atomic mass is 32.1. The number of Topliss-reactive ketones (excluding diaryl/α,β-unsaturated/α-hetero) is 1. The number of aryl methyl sites for hydroxylation is 2. The van der Waals surface area contributed by atoms with Gasteiger partial charge in [0.05, 0.1) is 16.6 Å². The maximum absolute atomic E-state index is 11.3. The fourth-order valence-corrected chi connectivity index (χ4v) is 3.55. The molecule has 0 saturated carbocycles. The average molecular weight is 289 g/mol. The van der Waals surface area contributed by atoms with Gasteiger partial charge in [0.25, 0.3) is 0 Å². The smallest absolute Gasteiger partial charge is 0.169 e. The number of likely N-dealkylation sites (tertiary alicyclic amines) is 1. The molecule has 0 N–H and O–H groups in total. The zero-order chi connectivity index (χ0) is 14.3. The van der Waals surface area contributed by atoms with Gasteiger partial charge in [0, 0.05) is 25.3 Å². The van der Waals surface area contributed by atoms with Gasteiger partial charge in [-0.15, -0.1) is 11.3 Å². The second kappa shape index (κ2) is 5.14. The topological polar surface area (TPSA) is 38.1 Å². The molecular formula is C15H19N3OS. The van der Waals surface area contributed by atoms with E-state index < -0.39 is 0 Å². The number of thiophene rings is 1. The van der Waals surface area contributed by atoms with Gasteiger partial charge in [-0.05, 0) is 43.8 Å². The molecule has 20 heavy (non-hydrogen) atoms. The number of ketones is 1. The van der Waals surface area contributed by atoms with Crippen molar-refractivity contribution < 1.29 is 4.79 Å². The molecule has 106 valence electrons. The first kappa shape index (κ1) is 13.5. The van der Waals surface area contributed by atoms with Crippen LogP contribution in [-0.4, -0.2) is 33.6 Å². The van der Waals surface area contributed by atoms with Crippen molar-refractivity contribution in [3.63, 3.8) is 0 Å². The fraction of sp³-hybridized carbons (Fsp3) is 0.467. The fourth-order valence-electron chi connectivity index (χ4n) is 2.74. The van der Waals surface area contributed by atoms with E-state index in [9.17, 15) is 4.79 Å². The lowest BCUT2D eigenvalue weighted by Gasteiger charge is -2.39. The maximum Gasteiger partial charge on any atom is 0.169 e. The van der Waals surface area contributed by atoms with Crippen LogP contribution in [-0.2, 0) is 6.54 Å². The Labute approximate surface area is 123 Å². The monoisotopic (exact) mass is 289 g/mol. The van der Waals surface area contributed by atoms with Gasteiger partial charge in [-0.3, -0.25) is 14.4 Å². The van der Waals surface area contributed by atoms with E-state index in [4.69, 9.17) is 0 Å². The molecule has 1 aliphatic heterocycles. The van der Waals surface area contributed by atoms with E-state index in [2.05, 4.69) is 33.1 Å². The van der Waals surface area contributed by atoms with Crippen LogP contribution in [0.4, 0.5) is 0 Å². The number of carbonyl (C=O) groups excluding carboxylic acids is 1. The molecule has 2 aromatic rings. The first-order valence-electron chi connectivity index (χ1n) is 6.86. The van der Waals surface area contributed by atoms with Crippen LogP contribution in [0.2, 0.25) is 0 Å². The van der Waals surface area contributed by atoms with Crippen molar-refractivity contribution >= 4 is 17.1 Å². The molecule has 0 unspecified atom stereocenters. The Bertz CT molecular complexity index is 637. The highest BCUT2D eigenvalue weighted by Crippen LogP contribution is 2.26. The molecule has 0 amide bonds. The summed E-state index contributed by atoms with van der Waals surface area (Å²) in [6.07, 6.45) is 0. The summed E-state index contributed by atoms with van der Waals surface area (Å²) in [5, 5.41) is 6.64. The number of hydrogen-bond donors (Lipinski definition) is 0. The molecule has 3 rings (SSSR count). The van der Waals surface area contributed by atoms with Crippen molar-refractivity contribution in [3.05, 3.63) is 39.3 Å². The molecule has 0 spiro atoms. The molecule has 1 aliphatic rings. The van der Waals surface area contributed by atoms with Gasteiger partial charge in [0.2, 0.25) is 0 Å². The van der Waals surface area contributed by atoms with Gasteiger partial charge in [-0.1, -0.05) is 0 Å². The Morgan fingerprint density at radius 2 is 2.15 bits per heavy atom. The average Bonchev–Trinajstić information content (AvgIpc) is 2.90. The highest BCUT2D eigenvalue weighted by molar-refractivity contribution is 7.12. The quantitative estimate of drug-likeness (QED) is 0.812. The molecule has 0 aliphatic carbocycles. The summed E-state index contributed by atoms with van der Waals surface area (Å²) in [4.78, 5) is 14.5. The minimum absolute atomic E-state index is 0.158. The van der Waals surface area contributed by atoms with Crippen LogP contribution in [0, 0.1) is 13.8 Å². The number of rotatable bonds is 4. The highest BCUT2D eigenvalue weighted by Gasteiger charge is 2.29. The first-order valence-corrected chi connectivity index (χ1v) is 7.74. The molecule has 0 radical (unpaired) electrons. The van der Waals surface area contributed by atoms with Crippen molar-refractivity contribution in [2.75, 3.05) is 13.1 Å². The SMILES string of the molecule is CC(=O)c1cc(CN2CC(n3nc(C)cc3C)C2)cs1. The van der Waals surface area contributed by atoms with Crippen LogP contribution in [0.1, 0.15) is 39.6 Å². The molecule has 2 aromatic heterocycles. The Hall–Kier alpha value is -1.46. The van der Waals surface area contributed by atoms with Crippen LogP contribution in [0.25, 0.3) is 0 Å². The van der Waals surface area contributed by atoms with Crippen LogP contribution >= 0.6 is 11.3 Å². The summed E-state index contributed by atoms with van der Waals surface area (Å²) in [5.74, 6) is 0.158. The van der Waals surface area contributed by atoms with Crippen molar-refractivity contribution in [2.45, 2.75) is 33.4 Å². The molecular weight excluding hydrogens is 270 g/mol. The predicted molar refractivity (Wildman–Crippen MR) is 80.3 cm³/mol. The molecule has 5 heteroatoms. The zero-order valence-electron chi connectivity index (χ0n) is 12.1. The molecule has 4 nitrogen and oxygen atoms in total. The van der Waals surface area contributed by atoms with Crippen molar-refractivity contribution in [1.29, 1.82) is 0 Å². The lowest BCUT2D eigenvalue weighted by molar-refractivity contribution is 0.0894. The third-order valence-corrected chi connectivity index (χ3v) is 4.82. The molecule has 0 atom stereocenters. The summed E-state index contributed by atoms with van der Waals surface area (Å²) in [6.45, 7) is 8.77. The summed E-state index contributed by atoms with van der Waals surface area (Å²) in [6, 6.07) is 4.64. The van der Waals surface area contributed by atoms with Crippen LogP contribution in [0.5, 0.6) is 0 Å². The van der Waals surface area contributed by atoms with E-state index in [0.717, 1.165) is 30.2 Å². The normalized spacial score (nSPS) is 16.4. The van der Waals surface area contributed by atoms with Gasteiger partial charge in [-0.25, -0.2) is 0 Å². The summed E-state index contributed by atoms with van der Waals surface area (Å²) < 4.78 is 2.14. The van der Waals surface area contributed by atoms with E-state index >= 15 is 0 Å². The van der Waals surface area contributed by atoms with Crippen LogP contribution in [0.3, 0.4) is 0 Å². The third kappa shape index (κ3) is 2.55. The number of carbonyl (C=O) groups is 1. The molecule has 1 saturated heterocycles. The van der Waals surface area contributed by atoms with Crippen molar-refractivity contribution in [1.82, 2.24) is 14.7 Å². The maximum atomic E-state index is 11.3. The lowest BCUT2D eigenvalue weighted by Crippen LogP contribution is -2.47. The second-order valence-corrected chi connectivity index (χ2v) is 6.51. The summed E-state index contributed by atoms with van der Waals surface area (Å²) >= 11 is 1.54. The summed E-state index contributed by atoms with van der Waals surface area (Å²) in [7, 11) is 0. The zero-order valence-corrected chi connectivity index (χ0v) is 12.9. The van der Waals surface area contributed by atoms with E-state index in [1.807, 2.05) is 13.0 Å². The number of hydrogen-bond acceptors (Lipinski definition) is 4. The minimum atomic E-state index is 0.158. The lowest BCUT2D eigenvalue weighted by atomic mass is 10.1. The van der Waals surface area contributed by atoms with Gasteiger partial charge in [-0.2, -0.15) is 5.10 Å².